The summed E-state index contributed by atoms with van der Waals surface area (Å²) in [6.07, 6.45) is 0. The molecule has 0 fully saturated rings. The SMILES string of the molecule is CC(C)(C)c1cccc(Oc2ccc(CCl)c(Br)c2)c1. The molecule has 0 unspecified atom stereocenters. The summed E-state index contributed by atoms with van der Waals surface area (Å²) in [7, 11) is 0. The first-order chi connectivity index (χ1) is 9.40. The van der Waals surface area contributed by atoms with Gasteiger partial charge in [0.1, 0.15) is 11.5 Å². The quantitative estimate of drug-likeness (QED) is 0.590. The lowest BCUT2D eigenvalue weighted by atomic mass is 9.87. The topological polar surface area (TPSA) is 9.23 Å². The minimum atomic E-state index is 0.114. The molecule has 20 heavy (non-hydrogen) atoms. The van der Waals surface area contributed by atoms with Crippen LogP contribution in [0.5, 0.6) is 11.5 Å². The Bertz CT molecular complexity index is 602. The van der Waals surface area contributed by atoms with Gasteiger partial charge in [-0.2, -0.15) is 0 Å². The maximum Gasteiger partial charge on any atom is 0.128 e. The fourth-order valence-corrected chi connectivity index (χ4v) is 2.75. The molecule has 0 amide bonds. The highest BCUT2D eigenvalue weighted by atomic mass is 79.9. The number of hydrogen-bond donors (Lipinski definition) is 0. The Labute approximate surface area is 134 Å². The molecular weight excluding hydrogens is 336 g/mol. The van der Waals surface area contributed by atoms with Gasteiger partial charge in [-0.25, -0.2) is 0 Å². The smallest absolute Gasteiger partial charge is 0.128 e. The summed E-state index contributed by atoms with van der Waals surface area (Å²) in [4.78, 5) is 0. The molecule has 2 rings (SSSR count). The standard InChI is InChI=1S/C17H18BrClO/c1-17(2,3)13-5-4-6-14(9-13)20-15-8-7-12(11-19)16(18)10-15/h4-10H,11H2,1-3H3. The normalized spacial score (nSPS) is 11.4. The minimum Gasteiger partial charge on any atom is -0.457 e. The van der Waals surface area contributed by atoms with E-state index in [1.165, 1.54) is 5.56 Å². The predicted octanol–water partition coefficient (Wildman–Crippen LogP) is 6.28. The van der Waals surface area contributed by atoms with Crippen LogP contribution in [0.25, 0.3) is 0 Å². The van der Waals surface area contributed by atoms with Crippen molar-refractivity contribution in [2.24, 2.45) is 0 Å². The van der Waals surface area contributed by atoms with Crippen LogP contribution < -0.4 is 4.74 Å². The van der Waals surface area contributed by atoms with Gasteiger partial charge in [0, 0.05) is 10.4 Å². The van der Waals surface area contributed by atoms with Crippen LogP contribution in [-0.2, 0) is 11.3 Å². The molecule has 0 aliphatic heterocycles. The third kappa shape index (κ3) is 3.77. The van der Waals surface area contributed by atoms with Crippen LogP contribution in [0, 0.1) is 0 Å². The van der Waals surface area contributed by atoms with Crippen molar-refractivity contribution in [3.63, 3.8) is 0 Å². The lowest BCUT2D eigenvalue weighted by molar-refractivity contribution is 0.478. The highest BCUT2D eigenvalue weighted by Crippen LogP contribution is 2.30. The van der Waals surface area contributed by atoms with Crippen LogP contribution in [0.2, 0.25) is 0 Å². The molecule has 0 aliphatic carbocycles. The molecule has 0 aliphatic rings. The van der Waals surface area contributed by atoms with Gasteiger partial charge in [0.2, 0.25) is 0 Å². The van der Waals surface area contributed by atoms with Gasteiger partial charge in [-0.3, -0.25) is 0 Å². The first-order valence-corrected chi connectivity index (χ1v) is 7.85. The van der Waals surface area contributed by atoms with Crippen LogP contribution in [-0.4, -0.2) is 0 Å². The first kappa shape index (κ1) is 15.4. The minimum absolute atomic E-state index is 0.114. The summed E-state index contributed by atoms with van der Waals surface area (Å²) < 4.78 is 6.89. The van der Waals surface area contributed by atoms with E-state index in [0.717, 1.165) is 21.5 Å². The lowest BCUT2D eigenvalue weighted by Crippen LogP contribution is -2.10. The van der Waals surface area contributed by atoms with Gasteiger partial charge in [-0.1, -0.05) is 54.9 Å². The van der Waals surface area contributed by atoms with Crippen molar-refractivity contribution in [3.8, 4) is 11.5 Å². The Morgan fingerprint density at radius 3 is 2.35 bits per heavy atom. The molecule has 0 saturated heterocycles. The summed E-state index contributed by atoms with van der Waals surface area (Å²) in [5.74, 6) is 2.14. The van der Waals surface area contributed by atoms with E-state index in [4.69, 9.17) is 16.3 Å². The van der Waals surface area contributed by atoms with E-state index < -0.39 is 0 Å². The number of ether oxygens (including phenoxy) is 1. The zero-order valence-corrected chi connectivity index (χ0v) is 14.3. The van der Waals surface area contributed by atoms with Crippen molar-refractivity contribution in [1.82, 2.24) is 0 Å². The number of alkyl halides is 1. The average Bonchev–Trinajstić information content (AvgIpc) is 2.38. The summed E-state index contributed by atoms with van der Waals surface area (Å²) in [5, 5.41) is 0. The van der Waals surface area contributed by atoms with Gasteiger partial charge in [-0.15, -0.1) is 11.6 Å². The van der Waals surface area contributed by atoms with Crippen molar-refractivity contribution in [2.75, 3.05) is 0 Å². The third-order valence-electron chi connectivity index (χ3n) is 3.10. The van der Waals surface area contributed by atoms with E-state index in [-0.39, 0.29) is 5.41 Å². The average molecular weight is 354 g/mol. The van der Waals surface area contributed by atoms with Crippen LogP contribution >= 0.6 is 27.5 Å². The largest absolute Gasteiger partial charge is 0.457 e. The maximum atomic E-state index is 5.92. The highest BCUT2D eigenvalue weighted by molar-refractivity contribution is 9.10. The van der Waals surface area contributed by atoms with Crippen molar-refractivity contribution in [2.45, 2.75) is 32.1 Å². The molecule has 0 radical (unpaired) electrons. The van der Waals surface area contributed by atoms with Crippen molar-refractivity contribution in [3.05, 3.63) is 58.1 Å². The Morgan fingerprint density at radius 1 is 1.05 bits per heavy atom. The molecule has 0 heterocycles. The van der Waals surface area contributed by atoms with Crippen LogP contribution in [0.15, 0.2) is 46.9 Å². The summed E-state index contributed by atoms with van der Waals surface area (Å²) >= 11 is 9.35. The fraction of sp³-hybridized carbons (Fsp3) is 0.294. The monoisotopic (exact) mass is 352 g/mol. The number of halogens is 2. The molecule has 2 aromatic carbocycles. The molecule has 0 spiro atoms. The van der Waals surface area contributed by atoms with Crippen molar-refractivity contribution in [1.29, 1.82) is 0 Å². The Hall–Kier alpha value is -0.990. The van der Waals surface area contributed by atoms with E-state index in [1.54, 1.807) is 0 Å². The van der Waals surface area contributed by atoms with E-state index >= 15 is 0 Å². The zero-order chi connectivity index (χ0) is 14.8. The Balaban J connectivity index is 2.24. The van der Waals surface area contributed by atoms with E-state index in [2.05, 4.69) is 48.8 Å². The van der Waals surface area contributed by atoms with Gasteiger partial charge in [-0.05, 0) is 40.8 Å². The number of benzene rings is 2. The van der Waals surface area contributed by atoms with Crippen molar-refractivity contribution >= 4 is 27.5 Å². The molecule has 0 bridgehead atoms. The molecule has 0 N–H and O–H groups in total. The molecule has 2 aromatic rings. The van der Waals surface area contributed by atoms with Gasteiger partial charge in [0.25, 0.3) is 0 Å². The van der Waals surface area contributed by atoms with E-state index in [9.17, 15) is 0 Å². The van der Waals surface area contributed by atoms with E-state index in [1.807, 2.05) is 30.3 Å². The Morgan fingerprint density at radius 2 is 1.75 bits per heavy atom. The first-order valence-electron chi connectivity index (χ1n) is 6.53. The Kier molecular flexibility index (Phi) is 4.77. The molecule has 0 atom stereocenters. The summed E-state index contributed by atoms with van der Waals surface area (Å²) in [6.45, 7) is 6.58. The van der Waals surface area contributed by atoms with E-state index in [0.29, 0.717) is 5.88 Å². The van der Waals surface area contributed by atoms with Crippen LogP contribution in [0.1, 0.15) is 31.9 Å². The van der Waals surface area contributed by atoms with Gasteiger partial charge in [0.05, 0.1) is 0 Å². The van der Waals surface area contributed by atoms with Gasteiger partial charge < -0.3 is 4.74 Å². The molecule has 3 heteroatoms. The second kappa shape index (κ2) is 6.19. The third-order valence-corrected chi connectivity index (χ3v) is 4.13. The van der Waals surface area contributed by atoms with Crippen molar-refractivity contribution < 1.29 is 4.74 Å². The maximum absolute atomic E-state index is 5.92. The van der Waals surface area contributed by atoms with Gasteiger partial charge >= 0.3 is 0 Å². The molecular formula is C17H18BrClO. The molecule has 1 nitrogen and oxygen atoms in total. The number of rotatable bonds is 3. The second-order valence-corrected chi connectivity index (χ2v) is 6.89. The molecule has 0 saturated carbocycles. The summed E-state index contributed by atoms with van der Waals surface area (Å²) in [5.41, 5.74) is 2.43. The predicted molar refractivity (Wildman–Crippen MR) is 88.9 cm³/mol. The van der Waals surface area contributed by atoms with Crippen LogP contribution in [0.3, 0.4) is 0 Å². The highest BCUT2D eigenvalue weighted by Gasteiger charge is 2.14. The fourth-order valence-electron chi connectivity index (χ4n) is 1.86. The summed E-state index contributed by atoms with van der Waals surface area (Å²) in [6, 6.07) is 14.1. The van der Waals surface area contributed by atoms with Gasteiger partial charge in [0.15, 0.2) is 0 Å². The molecule has 0 aromatic heterocycles. The zero-order valence-electron chi connectivity index (χ0n) is 11.9. The second-order valence-electron chi connectivity index (χ2n) is 5.77. The number of hydrogen-bond acceptors (Lipinski definition) is 1. The lowest BCUT2D eigenvalue weighted by Gasteiger charge is -2.19. The molecule has 106 valence electrons. The van der Waals surface area contributed by atoms with Crippen LogP contribution in [0.4, 0.5) is 0 Å².